The van der Waals surface area contributed by atoms with Crippen LogP contribution in [-0.4, -0.2) is 30.8 Å². The van der Waals surface area contributed by atoms with Gasteiger partial charge in [-0.2, -0.15) is 9.78 Å². The summed E-state index contributed by atoms with van der Waals surface area (Å²) in [5, 5.41) is 9.73. The van der Waals surface area contributed by atoms with Gasteiger partial charge in [-0.3, -0.25) is 0 Å². The predicted molar refractivity (Wildman–Crippen MR) is 99.4 cm³/mol. The fraction of sp³-hybridized carbons (Fsp3) is 0.133. The van der Waals surface area contributed by atoms with E-state index >= 15 is 0 Å². The van der Waals surface area contributed by atoms with Crippen molar-refractivity contribution in [2.24, 2.45) is 0 Å². The van der Waals surface area contributed by atoms with Gasteiger partial charge in [-0.1, -0.05) is 15.9 Å². The van der Waals surface area contributed by atoms with Gasteiger partial charge in [0.05, 0.1) is 11.7 Å². The third-order valence-corrected chi connectivity index (χ3v) is 4.41. The summed E-state index contributed by atoms with van der Waals surface area (Å²) in [5.41, 5.74) is 0.645. The quantitative estimate of drug-likeness (QED) is 0.613. The number of carbonyl (C=O) groups excluding carboxylic acids is 1. The second kappa shape index (κ2) is 7.70. The Bertz CT molecular complexity index is 885. The molecule has 2 amide bonds. The molecule has 0 bridgehead atoms. The number of rotatable bonds is 4. The first-order valence-electron chi connectivity index (χ1n) is 7.24. The topological polar surface area (TPSA) is 97.6 Å². The molecule has 0 spiro atoms. The lowest BCUT2D eigenvalue weighted by Crippen LogP contribution is -2.32. The molecule has 25 heavy (non-hydrogen) atoms. The zero-order valence-corrected chi connectivity index (χ0v) is 16.2. The first kappa shape index (κ1) is 17.5. The Labute approximate surface area is 160 Å². The van der Waals surface area contributed by atoms with Crippen LogP contribution in [0.5, 0.6) is 0 Å². The minimum Gasteiger partial charge on any atom is -0.328 e. The Balaban J connectivity index is 1.73. The van der Waals surface area contributed by atoms with E-state index in [1.807, 2.05) is 12.1 Å². The van der Waals surface area contributed by atoms with E-state index in [0.29, 0.717) is 17.5 Å². The summed E-state index contributed by atoms with van der Waals surface area (Å²) in [6, 6.07) is 6.46. The van der Waals surface area contributed by atoms with Crippen molar-refractivity contribution in [3.8, 4) is 5.95 Å². The summed E-state index contributed by atoms with van der Waals surface area (Å²) in [5.74, 6) is 0.911. The van der Waals surface area contributed by atoms with Crippen LogP contribution >= 0.6 is 31.9 Å². The molecule has 0 fully saturated rings. The molecule has 1 atom stereocenters. The van der Waals surface area contributed by atoms with Gasteiger partial charge < -0.3 is 10.6 Å². The van der Waals surface area contributed by atoms with E-state index in [0.717, 1.165) is 8.95 Å². The smallest absolute Gasteiger partial charge is 0.319 e. The molecule has 1 unspecified atom stereocenters. The molecular weight excluding hydrogens is 454 g/mol. The molecule has 0 radical (unpaired) electrons. The van der Waals surface area contributed by atoms with Crippen molar-refractivity contribution in [2.75, 3.05) is 5.32 Å². The van der Waals surface area contributed by atoms with Crippen molar-refractivity contribution in [1.29, 1.82) is 0 Å². The standard InChI is InChI=1S/C15H13Br2N7O/c1-9(13-20-8-21-24(13)14-18-5-2-6-19-14)22-15(25)23-12-7-10(16)3-4-11(12)17/h2-9H,1H3,(H2,22,23,25). The number of carbonyl (C=O) groups is 1. The number of nitrogens with zero attached hydrogens (tertiary/aromatic N) is 5. The van der Waals surface area contributed by atoms with Crippen LogP contribution < -0.4 is 10.6 Å². The highest BCUT2D eigenvalue weighted by molar-refractivity contribution is 9.11. The highest BCUT2D eigenvalue weighted by Crippen LogP contribution is 2.26. The van der Waals surface area contributed by atoms with Crippen LogP contribution in [0.4, 0.5) is 10.5 Å². The van der Waals surface area contributed by atoms with E-state index in [1.54, 1.807) is 31.5 Å². The summed E-state index contributed by atoms with van der Waals surface area (Å²) in [6.07, 6.45) is 4.62. The van der Waals surface area contributed by atoms with Crippen LogP contribution in [0.1, 0.15) is 18.8 Å². The molecule has 0 aliphatic heterocycles. The van der Waals surface area contributed by atoms with Gasteiger partial charge in [0.1, 0.15) is 6.33 Å². The molecule has 8 nitrogen and oxygen atoms in total. The number of aromatic nitrogens is 5. The number of halogens is 2. The fourth-order valence-electron chi connectivity index (χ4n) is 2.11. The Hall–Kier alpha value is -2.33. The Morgan fingerprint density at radius 2 is 1.96 bits per heavy atom. The summed E-state index contributed by atoms with van der Waals surface area (Å²) in [4.78, 5) is 24.8. The molecule has 0 saturated heterocycles. The van der Waals surface area contributed by atoms with Crippen molar-refractivity contribution < 1.29 is 4.79 Å². The van der Waals surface area contributed by atoms with E-state index in [4.69, 9.17) is 0 Å². The summed E-state index contributed by atoms with van der Waals surface area (Å²) in [6.45, 7) is 1.80. The lowest BCUT2D eigenvalue weighted by molar-refractivity contribution is 0.248. The number of anilines is 1. The Kier molecular flexibility index (Phi) is 5.39. The number of hydrogen-bond acceptors (Lipinski definition) is 5. The number of hydrogen-bond donors (Lipinski definition) is 2. The minimum atomic E-state index is -0.405. The molecule has 1 aromatic carbocycles. The molecule has 128 valence electrons. The second-order valence-electron chi connectivity index (χ2n) is 5.02. The van der Waals surface area contributed by atoms with E-state index in [9.17, 15) is 4.79 Å². The zero-order chi connectivity index (χ0) is 17.8. The van der Waals surface area contributed by atoms with Gasteiger partial charge in [-0.15, -0.1) is 0 Å². The maximum Gasteiger partial charge on any atom is 0.319 e. The van der Waals surface area contributed by atoms with Gasteiger partial charge in [0, 0.05) is 21.3 Å². The summed E-state index contributed by atoms with van der Waals surface area (Å²) >= 11 is 6.78. The molecular formula is C15H13Br2N7O. The van der Waals surface area contributed by atoms with Gasteiger partial charge in [0.15, 0.2) is 5.82 Å². The molecule has 0 saturated carbocycles. The van der Waals surface area contributed by atoms with E-state index in [1.165, 1.54) is 11.0 Å². The third kappa shape index (κ3) is 4.20. The Morgan fingerprint density at radius 3 is 2.72 bits per heavy atom. The van der Waals surface area contributed by atoms with Crippen LogP contribution in [0.3, 0.4) is 0 Å². The van der Waals surface area contributed by atoms with Crippen molar-refractivity contribution >= 4 is 43.6 Å². The van der Waals surface area contributed by atoms with Crippen LogP contribution in [0.25, 0.3) is 5.95 Å². The highest BCUT2D eigenvalue weighted by Gasteiger charge is 2.18. The summed E-state index contributed by atoms with van der Waals surface area (Å²) < 4.78 is 3.12. The predicted octanol–water partition coefficient (Wildman–Crippen LogP) is 3.47. The first-order chi connectivity index (χ1) is 12.0. The normalized spacial score (nSPS) is 11.8. The van der Waals surface area contributed by atoms with Crippen LogP contribution in [0, 0.1) is 0 Å². The molecule has 0 aliphatic carbocycles. The minimum absolute atomic E-state index is 0.366. The molecule has 3 rings (SSSR count). The average Bonchev–Trinajstić information content (AvgIpc) is 3.09. The van der Waals surface area contributed by atoms with Gasteiger partial charge in [0.25, 0.3) is 5.95 Å². The first-order valence-corrected chi connectivity index (χ1v) is 8.83. The van der Waals surface area contributed by atoms with Gasteiger partial charge in [-0.05, 0) is 47.1 Å². The summed E-state index contributed by atoms with van der Waals surface area (Å²) in [7, 11) is 0. The van der Waals surface area contributed by atoms with E-state index in [2.05, 4.69) is 62.5 Å². The van der Waals surface area contributed by atoms with Crippen molar-refractivity contribution in [3.05, 3.63) is 57.8 Å². The third-order valence-electron chi connectivity index (χ3n) is 3.23. The lowest BCUT2D eigenvalue weighted by Gasteiger charge is -2.15. The largest absolute Gasteiger partial charge is 0.328 e. The average molecular weight is 467 g/mol. The maximum absolute atomic E-state index is 12.3. The zero-order valence-electron chi connectivity index (χ0n) is 13.0. The maximum atomic E-state index is 12.3. The number of amides is 2. The van der Waals surface area contributed by atoms with Gasteiger partial charge in [-0.25, -0.2) is 19.7 Å². The van der Waals surface area contributed by atoms with Crippen LogP contribution in [0.15, 0.2) is 51.9 Å². The SMILES string of the molecule is CC(NC(=O)Nc1cc(Br)ccc1Br)c1ncnn1-c1ncccn1. The molecule has 2 heterocycles. The molecule has 10 heteroatoms. The van der Waals surface area contributed by atoms with Crippen molar-refractivity contribution in [2.45, 2.75) is 13.0 Å². The Morgan fingerprint density at radius 1 is 1.20 bits per heavy atom. The van der Waals surface area contributed by atoms with Gasteiger partial charge >= 0.3 is 6.03 Å². The van der Waals surface area contributed by atoms with E-state index in [-0.39, 0.29) is 6.03 Å². The highest BCUT2D eigenvalue weighted by atomic mass is 79.9. The molecule has 2 N–H and O–H groups in total. The molecule has 0 aliphatic rings. The van der Waals surface area contributed by atoms with Crippen LogP contribution in [0.2, 0.25) is 0 Å². The number of urea groups is 1. The van der Waals surface area contributed by atoms with Gasteiger partial charge in [0.2, 0.25) is 0 Å². The molecule has 3 aromatic rings. The van der Waals surface area contributed by atoms with Crippen molar-refractivity contribution in [3.63, 3.8) is 0 Å². The number of benzene rings is 1. The number of nitrogens with one attached hydrogen (secondary N) is 2. The molecule has 2 aromatic heterocycles. The van der Waals surface area contributed by atoms with E-state index < -0.39 is 6.04 Å². The van der Waals surface area contributed by atoms with Crippen LogP contribution in [-0.2, 0) is 0 Å². The lowest BCUT2D eigenvalue weighted by atomic mass is 10.3. The van der Waals surface area contributed by atoms with Crippen molar-refractivity contribution in [1.82, 2.24) is 30.0 Å². The fourth-order valence-corrected chi connectivity index (χ4v) is 2.82. The monoisotopic (exact) mass is 465 g/mol. The second-order valence-corrected chi connectivity index (χ2v) is 6.79.